The predicted molar refractivity (Wildman–Crippen MR) is 168 cm³/mol. The quantitative estimate of drug-likeness (QED) is 0.254. The zero-order valence-electron chi connectivity index (χ0n) is 23.9. The van der Waals surface area contributed by atoms with Crippen molar-refractivity contribution in [1.82, 2.24) is 10.2 Å². The van der Waals surface area contributed by atoms with Crippen molar-refractivity contribution in [2.45, 2.75) is 75.9 Å². The van der Waals surface area contributed by atoms with Gasteiger partial charge in [0, 0.05) is 28.2 Å². The Balaban J connectivity index is 1.73. The number of rotatable bonds is 11. The lowest BCUT2D eigenvalue weighted by Crippen LogP contribution is -2.54. The van der Waals surface area contributed by atoms with Gasteiger partial charge < -0.3 is 10.2 Å². The van der Waals surface area contributed by atoms with E-state index in [2.05, 4.69) is 5.32 Å². The van der Waals surface area contributed by atoms with Crippen molar-refractivity contribution in [2.75, 3.05) is 10.8 Å². The molecule has 1 aliphatic rings. The highest BCUT2D eigenvalue weighted by Crippen LogP contribution is 2.29. The molecule has 0 radical (unpaired) electrons. The average Bonchev–Trinajstić information content (AvgIpc) is 2.98. The molecule has 224 valence electrons. The second-order valence-electron chi connectivity index (χ2n) is 10.7. The number of hydrogen-bond acceptors (Lipinski definition) is 4. The van der Waals surface area contributed by atoms with Crippen molar-refractivity contribution in [1.29, 1.82) is 0 Å². The van der Waals surface area contributed by atoms with Crippen LogP contribution in [0.1, 0.15) is 56.6 Å². The Morgan fingerprint density at radius 3 is 2.19 bits per heavy atom. The van der Waals surface area contributed by atoms with Gasteiger partial charge in [0.2, 0.25) is 11.8 Å². The van der Waals surface area contributed by atoms with Crippen molar-refractivity contribution >= 4 is 50.7 Å². The molecule has 1 N–H and O–H groups in total. The van der Waals surface area contributed by atoms with Crippen LogP contribution >= 0.6 is 23.2 Å². The fourth-order valence-corrected chi connectivity index (χ4v) is 7.29. The molecule has 3 aromatic rings. The molecule has 0 spiro atoms. The Hall–Kier alpha value is -3.07. The molecule has 0 saturated heterocycles. The van der Waals surface area contributed by atoms with Crippen LogP contribution in [-0.4, -0.2) is 43.8 Å². The van der Waals surface area contributed by atoms with Gasteiger partial charge in [-0.2, -0.15) is 0 Å². The van der Waals surface area contributed by atoms with E-state index >= 15 is 0 Å². The first-order chi connectivity index (χ1) is 20.1. The fourth-order valence-electron chi connectivity index (χ4n) is 5.35. The number of aryl methyl sites for hydroxylation is 1. The van der Waals surface area contributed by atoms with Crippen molar-refractivity contribution in [3.8, 4) is 0 Å². The van der Waals surface area contributed by atoms with Crippen LogP contribution in [0.5, 0.6) is 0 Å². The molecule has 0 heterocycles. The minimum absolute atomic E-state index is 0.0448. The van der Waals surface area contributed by atoms with Crippen LogP contribution in [0.3, 0.4) is 0 Å². The number of carbonyl (C=O) groups excluding carboxylic acids is 2. The fraction of sp³-hybridized carbons (Fsp3) is 0.375. The van der Waals surface area contributed by atoms with Crippen LogP contribution in [0.2, 0.25) is 10.0 Å². The Morgan fingerprint density at radius 2 is 1.57 bits per heavy atom. The third kappa shape index (κ3) is 7.65. The minimum Gasteiger partial charge on any atom is -0.352 e. The summed E-state index contributed by atoms with van der Waals surface area (Å²) in [5, 5.41) is 3.85. The highest BCUT2D eigenvalue weighted by atomic mass is 35.5. The predicted octanol–water partition coefficient (Wildman–Crippen LogP) is 6.75. The molecule has 0 bridgehead atoms. The van der Waals surface area contributed by atoms with Gasteiger partial charge in [-0.1, -0.05) is 85.8 Å². The first kappa shape index (κ1) is 31.9. The molecule has 10 heteroatoms. The van der Waals surface area contributed by atoms with Crippen LogP contribution in [0.4, 0.5) is 5.69 Å². The Labute approximate surface area is 258 Å². The monoisotopic (exact) mass is 629 g/mol. The molecule has 1 fully saturated rings. The molecule has 7 nitrogen and oxygen atoms in total. The Morgan fingerprint density at radius 1 is 0.929 bits per heavy atom. The smallest absolute Gasteiger partial charge is 0.264 e. The van der Waals surface area contributed by atoms with Crippen LogP contribution in [0.15, 0.2) is 77.7 Å². The lowest BCUT2D eigenvalue weighted by Gasteiger charge is -2.35. The highest BCUT2D eigenvalue weighted by Gasteiger charge is 2.35. The van der Waals surface area contributed by atoms with E-state index in [9.17, 15) is 18.0 Å². The largest absolute Gasteiger partial charge is 0.352 e. The summed E-state index contributed by atoms with van der Waals surface area (Å²) in [6.07, 6.45) is 5.34. The van der Waals surface area contributed by atoms with Crippen molar-refractivity contribution < 1.29 is 18.0 Å². The van der Waals surface area contributed by atoms with Crippen LogP contribution in [-0.2, 0) is 26.2 Å². The third-order valence-corrected chi connectivity index (χ3v) is 10.1. The van der Waals surface area contributed by atoms with E-state index in [0.29, 0.717) is 27.7 Å². The molecule has 1 atom stereocenters. The van der Waals surface area contributed by atoms with Gasteiger partial charge in [0.1, 0.15) is 12.6 Å². The molecule has 1 aliphatic carbocycles. The Kier molecular flexibility index (Phi) is 10.9. The maximum Gasteiger partial charge on any atom is 0.264 e. The van der Waals surface area contributed by atoms with Crippen molar-refractivity contribution in [3.05, 3.63) is 94.0 Å². The number of amides is 2. The zero-order chi connectivity index (χ0) is 30.3. The second kappa shape index (κ2) is 14.4. The van der Waals surface area contributed by atoms with E-state index in [1.165, 1.54) is 17.0 Å². The van der Waals surface area contributed by atoms with Crippen LogP contribution in [0.25, 0.3) is 0 Å². The minimum atomic E-state index is -4.13. The number of benzene rings is 3. The molecule has 42 heavy (non-hydrogen) atoms. The maximum atomic E-state index is 14.3. The summed E-state index contributed by atoms with van der Waals surface area (Å²) in [5.74, 6) is -0.813. The van der Waals surface area contributed by atoms with E-state index in [1.807, 2.05) is 19.9 Å². The molecule has 0 aliphatic heterocycles. The summed E-state index contributed by atoms with van der Waals surface area (Å²) in [7, 11) is -4.13. The molecule has 3 aromatic carbocycles. The second-order valence-corrected chi connectivity index (χ2v) is 13.3. The van der Waals surface area contributed by atoms with Gasteiger partial charge in [0.15, 0.2) is 0 Å². The van der Waals surface area contributed by atoms with Gasteiger partial charge in [-0.25, -0.2) is 8.42 Å². The van der Waals surface area contributed by atoms with Crippen molar-refractivity contribution in [3.63, 3.8) is 0 Å². The zero-order valence-corrected chi connectivity index (χ0v) is 26.3. The summed E-state index contributed by atoms with van der Waals surface area (Å²) in [6, 6.07) is 19.2. The third-order valence-electron chi connectivity index (χ3n) is 7.63. The van der Waals surface area contributed by atoms with Gasteiger partial charge >= 0.3 is 0 Å². The molecular weight excluding hydrogens is 593 g/mol. The number of nitrogens with one attached hydrogen (secondary N) is 1. The molecule has 4 rings (SSSR count). The lowest BCUT2D eigenvalue weighted by atomic mass is 9.95. The number of anilines is 1. The summed E-state index contributed by atoms with van der Waals surface area (Å²) in [4.78, 5) is 29.4. The van der Waals surface area contributed by atoms with E-state index < -0.39 is 28.5 Å². The normalized spacial score (nSPS) is 14.7. The molecule has 1 saturated carbocycles. The summed E-state index contributed by atoms with van der Waals surface area (Å²) in [6.45, 7) is 3.11. The van der Waals surface area contributed by atoms with Crippen LogP contribution in [0, 0.1) is 6.92 Å². The first-order valence-electron chi connectivity index (χ1n) is 14.3. The van der Waals surface area contributed by atoms with Gasteiger partial charge in [-0.15, -0.1) is 0 Å². The summed E-state index contributed by atoms with van der Waals surface area (Å²) < 4.78 is 29.0. The van der Waals surface area contributed by atoms with Crippen LogP contribution < -0.4 is 9.62 Å². The lowest BCUT2D eigenvalue weighted by molar-refractivity contribution is -0.140. The molecule has 2 amide bonds. The first-order valence-corrected chi connectivity index (χ1v) is 16.5. The van der Waals surface area contributed by atoms with E-state index in [4.69, 9.17) is 23.2 Å². The molecular formula is C32H37Cl2N3O4S. The SMILES string of the molecule is CCC(C(=O)NC1CCCCC1)N(Cc1c(Cl)cccc1Cl)C(=O)CN(c1cccc(C)c1)S(=O)(=O)c1ccccc1. The van der Waals surface area contributed by atoms with Gasteiger partial charge in [-0.3, -0.25) is 13.9 Å². The number of halogens is 2. The van der Waals surface area contributed by atoms with Gasteiger partial charge in [-0.05, 0) is 68.1 Å². The van der Waals surface area contributed by atoms with Gasteiger partial charge in [0.05, 0.1) is 10.6 Å². The van der Waals surface area contributed by atoms with Crippen molar-refractivity contribution in [2.24, 2.45) is 0 Å². The number of carbonyl (C=O) groups is 2. The number of hydrogen-bond donors (Lipinski definition) is 1. The standard InChI is InChI=1S/C32H37Cl2N3O4S/c1-3-30(32(39)35-24-13-6-4-7-14-24)36(21-27-28(33)18-11-19-29(27)34)31(38)22-37(25-15-10-12-23(2)20-25)42(40,41)26-16-8-5-9-17-26/h5,8-12,15-20,24,30H,3-4,6-7,13-14,21-22H2,1-2H3,(H,35,39). The summed E-state index contributed by atoms with van der Waals surface area (Å²) in [5.41, 5.74) is 1.68. The average molecular weight is 631 g/mol. The number of sulfonamides is 1. The maximum absolute atomic E-state index is 14.3. The highest BCUT2D eigenvalue weighted by molar-refractivity contribution is 7.92. The molecule has 1 unspecified atom stereocenters. The Bertz CT molecular complexity index is 1470. The van der Waals surface area contributed by atoms with E-state index in [1.54, 1.807) is 54.6 Å². The van der Waals surface area contributed by atoms with Gasteiger partial charge in [0.25, 0.3) is 10.0 Å². The topological polar surface area (TPSA) is 86.8 Å². The molecule has 0 aromatic heterocycles. The van der Waals surface area contributed by atoms with E-state index in [0.717, 1.165) is 42.0 Å². The van der Waals surface area contributed by atoms with E-state index in [-0.39, 0.29) is 23.4 Å². The number of nitrogens with zero attached hydrogens (tertiary/aromatic N) is 2. The summed E-state index contributed by atoms with van der Waals surface area (Å²) >= 11 is 13.0.